The van der Waals surface area contributed by atoms with E-state index in [2.05, 4.69) is 20.9 Å². The van der Waals surface area contributed by atoms with Gasteiger partial charge in [-0.15, -0.1) is 0 Å². The molecule has 1 heterocycles. The topological polar surface area (TPSA) is 72.2 Å². The van der Waals surface area contributed by atoms with Gasteiger partial charge in [-0.05, 0) is 28.3 Å². The molecule has 0 spiro atoms. The summed E-state index contributed by atoms with van der Waals surface area (Å²) in [6.07, 6.45) is 1.86. The molecular formula is C13H19BrN2O3. The van der Waals surface area contributed by atoms with Crippen molar-refractivity contribution in [2.24, 2.45) is 5.92 Å². The molecule has 0 saturated heterocycles. The highest BCUT2D eigenvalue weighted by Gasteiger charge is 2.24. The molecule has 1 N–H and O–H groups in total. The van der Waals surface area contributed by atoms with Crippen molar-refractivity contribution in [3.8, 4) is 0 Å². The van der Waals surface area contributed by atoms with E-state index < -0.39 is 12.0 Å². The van der Waals surface area contributed by atoms with Gasteiger partial charge in [0.05, 0.1) is 0 Å². The molecule has 0 radical (unpaired) electrons. The quantitative estimate of drug-likeness (QED) is 0.900. The SMILES string of the molecule is CC(C)C[C@@H](C(=O)O)n1cc(Br)nc(C(C)C)c1=O. The Balaban J connectivity index is 3.38. The summed E-state index contributed by atoms with van der Waals surface area (Å²) in [4.78, 5) is 27.8. The predicted octanol–water partition coefficient (Wildman–Crippen LogP) is 2.80. The number of nitrogens with zero attached hydrogens (tertiary/aromatic N) is 2. The summed E-state index contributed by atoms with van der Waals surface area (Å²) >= 11 is 3.24. The number of rotatable bonds is 5. The van der Waals surface area contributed by atoms with Gasteiger partial charge in [0.1, 0.15) is 16.3 Å². The second-order valence-electron chi connectivity index (χ2n) is 5.30. The lowest BCUT2D eigenvalue weighted by Crippen LogP contribution is -2.33. The number of carbonyl (C=O) groups is 1. The number of carboxylic acids is 1. The third kappa shape index (κ3) is 3.89. The van der Waals surface area contributed by atoms with E-state index in [0.717, 1.165) is 0 Å². The Morgan fingerprint density at radius 1 is 1.42 bits per heavy atom. The van der Waals surface area contributed by atoms with E-state index in [0.29, 0.717) is 16.7 Å². The van der Waals surface area contributed by atoms with Gasteiger partial charge in [-0.2, -0.15) is 0 Å². The molecule has 1 rings (SSSR count). The Morgan fingerprint density at radius 2 is 2.00 bits per heavy atom. The van der Waals surface area contributed by atoms with Crippen molar-refractivity contribution in [3.05, 3.63) is 26.8 Å². The number of hydrogen-bond acceptors (Lipinski definition) is 3. The second kappa shape index (κ2) is 6.32. The first-order valence-corrected chi connectivity index (χ1v) is 7.04. The second-order valence-corrected chi connectivity index (χ2v) is 6.11. The van der Waals surface area contributed by atoms with Gasteiger partial charge in [-0.1, -0.05) is 27.7 Å². The lowest BCUT2D eigenvalue weighted by molar-refractivity contribution is -0.141. The summed E-state index contributed by atoms with van der Waals surface area (Å²) in [6, 6.07) is -0.857. The van der Waals surface area contributed by atoms with Gasteiger partial charge in [0.15, 0.2) is 0 Å². The fraction of sp³-hybridized carbons (Fsp3) is 0.615. The number of aromatic nitrogens is 2. The molecule has 0 aromatic carbocycles. The van der Waals surface area contributed by atoms with Crippen LogP contribution in [0.15, 0.2) is 15.6 Å². The van der Waals surface area contributed by atoms with Crippen molar-refractivity contribution in [1.82, 2.24) is 9.55 Å². The van der Waals surface area contributed by atoms with Crippen LogP contribution in [0.2, 0.25) is 0 Å². The summed E-state index contributed by atoms with van der Waals surface area (Å²) < 4.78 is 1.75. The summed E-state index contributed by atoms with van der Waals surface area (Å²) in [6.45, 7) is 7.58. The Hall–Kier alpha value is -1.17. The molecule has 1 aromatic heterocycles. The molecule has 0 aliphatic heterocycles. The molecular weight excluding hydrogens is 312 g/mol. The maximum atomic E-state index is 12.3. The van der Waals surface area contributed by atoms with E-state index in [4.69, 9.17) is 0 Å². The van der Waals surface area contributed by atoms with Gasteiger partial charge in [0, 0.05) is 12.1 Å². The minimum absolute atomic E-state index is 0.0512. The van der Waals surface area contributed by atoms with Crippen molar-refractivity contribution < 1.29 is 9.90 Å². The Morgan fingerprint density at radius 3 is 2.42 bits per heavy atom. The van der Waals surface area contributed by atoms with Crippen LogP contribution in [0.3, 0.4) is 0 Å². The van der Waals surface area contributed by atoms with E-state index in [1.165, 1.54) is 10.8 Å². The molecule has 0 amide bonds. The average Bonchev–Trinajstić information content (AvgIpc) is 2.28. The van der Waals surface area contributed by atoms with Gasteiger partial charge in [-0.25, -0.2) is 9.78 Å². The van der Waals surface area contributed by atoms with Crippen LogP contribution in [0.5, 0.6) is 0 Å². The van der Waals surface area contributed by atoms with Crippen LogP contribution < -0.4 is 5.56 Å². The highest BCUT2D eigenvalue weighted by Crippen LogP contribution is 2.19. The van der Waals surface area contributed by atoms with Crippen LogP contribution in [0.25, 0.3) is 0 Å². The Bertz CT molecular complexity index is 523. The number of halogens is 1. The average molecular weight is 331 g/mol. The molecule has 1 atom stereocenters. The molecule has 0 aliphatic carbocycles. The monoisotopic (exact) mass is 330 g/mol. The lowest BCUT2D eigenvalue weighted by Gasteiger charge is -2.19. The van der Waals surface area contributed by atoms with Crippen LogP contribution in [0, 0.1) is 5.92 Å². The zero-order valence-corrected chi connectivity index (χ0v) is 13.1. The Kier molecular flexibility index (Phi) is 5.29. The molecule has 1 aromatic rings. The highest BCUT2D eigenvalue weighted by atomic mass is 79.9. The minimum Gasteiger partial charge on any atom is -0.480 e. The van der Waals surface area contributed by atoms with E-state index in [9.17, 15) is 14.7 Å². The zero-order valence-electron chi connectivity index (χ0n) is 11.6. The van der Waals surface area contributed by atoms with Gasteiger partial charge in [0.2, 0.25) is 0 Å². The molecule has 0 saturated carbocycles. The number of aliphatic carboxylic acids is 1. The Labute approximate surface area is 120 Å². The van der Waals surface area contributed by atoms with Crippen LogP contribution in [0.4, 0.5) is 0 Å². The first kappa shape index (κ1) is 15.9. The summed E-state index contributed by atoms with van der Waals surface area (Å²) in [5.74, 6) is -0.865. The fourth-order valence-corrected chi connectivity index (χ4v) is 2.30. The maximum absolute atomic E-state index is 12.3. The van der Waals surface area contributed by atoms with Crippen LogP contribution >= 0.6 is 15.9 Å². The standard InChI is InChI=1S/C13H19BrN2O3/c1-7(2)5-9(13(18)19)16-6-10(14)15-11(8(3)4)12(16)17/h6-9H,5H2,1-4H3,(H,18,19)/t9-/m0/s1. The van der Waals surface area contributed by atoms with Crippen molar-refractivity contribution in [3.63, 3.8) is 0 Å². The fourth-order valence-electron chi connectivity index (χ4n) is 1.88. The van der Waals surface area contributed by atoms with Crippen molar-refractivity contribution in [2.75, 3.05) is 0 Å². The molecule has 6 heteroatoms. The largest absolute Gasteiger partial charge is 0.480 e. The summed E-state index contributed by atoms with van der Waals surface area (Å²) in [5.41, 5.74) is 0.0515. The van der Waals surface area contributed by atoms with E-state index >= 15 is 0 Å². The molecule has 5 nitrogen and oxygen atoms in total. The third-order valence-corrected chi connectivity index (χ3v) is 3.17. The molecule has 0 bridgehead atoms. The van der Waals surface area contributed by atoms with Gasteiger partial charge >= 0.3 is 5.97 Å². The van der Waals surface area contributed by atoms with E-state index in [1.807, 2.05) is 27.7 Å². The van der Waals surface area contributed by atoms with Crippen LogP contribution in [-0.4, -0.2) is 20.6 Å². The molecule has 0 aliphatic rings. The number of carboxylic acid groups (broad SMARTS) is 1. The van der Waals surface area contributed by atoms with Crippen LogP contribution in [0.1, 0.15) is 51.8 Å². The van der Waals surface area contributed by atoms with Crippen LogP contribution in [-0.2, 0) is 4.79 Å². The lowest BCUT2D eigenvalue weighted by atomic mass is 10.0. The molecule has 0 unspecified atom stereocenters. The zero-order chi connectivity index (χ0) is 14.7. The molecule has 0 fully saturated rings. The highest BCUT2D eigenvalue weighted by molar-refractivity contribution is 9.10. The third-order valence-electron chi connectivity index (χ3n) is 2.79. The molecule has 19 heavy (non-hydrogen) atoms. The first-order valence-electron chi connectivity index (χ1n) is 6.25. The molecule has 106 valence electrons. The predicted molar refractivity (Wildman–Crippen MR) is 76.4 cm³/mol. The first-order chi connectivity index (χ1) is 8.73. The van der Waals surface area contributed by atoms with E-state index in [1.54, 1.807) is 0 Å². The smallest absolute Gasteiger partial charge is 0.326 e. The van der Waals surface area contributed by atoms with Gasteiger partial charge < -0.3 is 5.11 Å². The minimum atomic E-state index is -0.997. The van der Waals surface area contributed by atoms with Crippen molar-refractivity contribution >= 4 is 21.9 Å². The van der Waals surface area contributed by atoms with Crippen molar-refractivity contribution in [1.29, 1.82) is 0 Å². The van der Waals surface area contributed by atoms with Crippen molar-refractivity contribution in [2.45, 2.75) is 46.1 Å². The number of hydrogen-bond donors (Lipinski definition) is 1. The maximum Gasteiger partial charge on any atom is 0.326 e. The van der Waals surface area contributed by atoms with E-state index in [-0.39, 0.29) is 17.4 Å². The summed E-state index contributed by atoms with van der Waals surface area (Å²) in [5, 5.41) is 9.32. The van der Waals surface area contributed by atoms with Gasteiger partial charge in [0.25, 0.3) is 5.56 Å². The van der Waals surface area contributed by atoms with Gasteiger partial charge in [-0.3, -0.25) is 9.36 Å². The summed E-state index contributed by atoms with van der Waals surface area (Å²) in [7, 11) is 0. The normalized spacial score (nSPS) is 13.0.